The molecule has 0 saturated carbocycles. The zero-order valence-electron chi connectivity index (χ0n) is 19.6. The van der Waals surface area contributed by atoms with E-state index in [0.717, 1.165) is 44.7 Å². The van der Waals surface area contributed by atoms with Crippen molar-refractivity contribution in [3.05, 3.63) is 75.6 Å². The van der Waals surface area contributed by atoms with Gasteiger partial charge in [-0.1, -0.05) is 48.2 Å². The second-order valence-electron chi connectivity index (χ2n) is 8.48. The van der Waals surface area contributed by atoms with Gasteiger partial charge in [0.15, 0.2) is 5.16 Å². The second-order valence-corrected chi connectivity index (χ2v) is 10.4. The lowest BCUT2D eigenvalue weighted by atomic mass is 9.90. The average molecular weight is 490 g/mol. The first-order chi connectivity index (χ1) is 16.5. The predicted octanol–water partition coefficient (Wildman–Crippen LogP) is 5.48. The van der Waals surface area contributed by atoms with Gasteiger partial charge < -0.3 is 4.90 Å². The number of carbonyl (C=O) groups excluding carboxylic acids is 1. The third-order valence-electron chi connectivity index (χ3n) is 6.40. The lowest BCUT2D eigenvalue weighted by Crippen LogP contribution is -2.32. The number of carbonyl (C=O) groups is 1. The molecule has 0 N–H and O–H groups in total. The van der Waals surface area contributed by atoms with E-state index in [2.05, 4.69) is 24.3 Å². The summed E-state index contributed by atoms with van der Waals surface area (Å²) in [5.74, 6) is 0.304. The standard InChI is InChI=1S/C27H27N3O2S2/c1-4-29(5-2)22(31)16-33-27-28-25-23(26(32)30(27)19-11-8-9-17(3)15-19)21-14-13-18-10-6-7-12-20(18)24(21)34-25/h6-12,15H,4-5,13-14,16H2,1-3H3. The number of thiophene rings is 1. The molecule has 2 heterocycles. The van der Waals surface area contributed by atoms with E-state index in [4.69, 9.17) is 4.98 Å². The van der Waals surface area contributed by atoms with Crippen LogP contribution in [0.15, 0.2) is 58.5 Å². The van der Waals surface area contributed by atoms with Gasteiger partial charge >= 0.3 is 0 Å². The lowest BCUT2D eigenvalue weighted by Gasteiger charge is -2.19. The van der Waals surface area contributed by atoms with Crippen LogP contribution in [0.2, 0.25) is 0 Å². The molecule has 0 bridgehead atoms. The Bertz CT molecular complexity index is 1450. The largest absolute Gasteiger partial charge is 0.343 e. The highest BCUT2D eigenvalue weighted by Gasteiger charge is 2.26. The molecular weight excluding hydrogens is 462 g/mol. The zero-order chi connectivity index (χ0) is 23.8. The fourth-order valence-electron chi connectivity index (χ4n) is 4.65. The zero-order valence-corrected chi connectivity index (χ0v) is 21.3. The van der Waals surface area contributed by atoms with Gasteiger partial charge in [-0.05, 0) is 68.0 Å². The van der Waals surface area contributed by atoms with Crippen LogP contribution >= 0.6 is 23.1 Å². The fraction of sp³-hybridized carbons (Fsp3) is 0.296. The summed E-state index contributed by atoms with van der Waals surface area (Å²) in [5, 5.41) is 1.28. The number of thioether (sulfide) groups is 1. The van der Waals surface area contributed by atoms with Gasteiger partial charge in [-0.25, -0.2) is 4.98 Å². The molecule has 0 fully saturated rings. The molecule has 1 aliphatic rings. The first-order valence-electron chi connectivity index (χ1n) is 11.7. The van der Waals surface area contributed by atoms with Gasteiger partial charge in [-0.15, -0.1) is 11.3 Å². The number of rotatable bonds is 6. The Kier molecular flexibility index (Phi) is 6.32. The van der Waals surface area contributed by atoms with Crippen LogP contribution in [0.25, 0.3) is 26.3 Å². The van der Waals surface area contributed by atoms with E-state index in [1.54, 1.807) is 20.8 Å². The summed E-state index contributed by atoms with van der Waals surface area (Å²) >= 11 is 2.94. The highest BCUT2D eigenvalue weighted by molar-refractivity contribution is 7.99. The highest BCUT2D eigenvalue weighted by atomic mass is 32.2. The minimum absolute atomic E-state index is 0.0507. The molecule has 1 aliphatic carbocycles. The molecule has 5 nitrogen and oxygen atoms in total. The molecule has 0 atom stereocenters. The number of benzene rings is 2. The smallest absolute Gasteiger partial charge is 0.267 e. The van der Waals surface area contributed by atoms with Crippen molar-refractivity contribution in [3.8, 4) is 16.1 Å². The molecule has 174 valence electrons. The van der Waals surface area contributed by atoms with Crippen LogP contribution in [-0.2, 0) is 17.6 Å². The predicted molar refractivity (Wildman–Crippen MR) is 141 cm³/mol. The summed E-state index contributed by atoms with van der Waals surface area (Å²) in [6.45, 7) is 7.31. The van der Waals surface area contributed by atoms with Crippen molar-refractivity contribution >= 4 is 39.2 Å². The molecule has 2 aromatic carbocycles. The molecule has 34 heavy (non-hydrogen) atoms. The van der Waals surface area contributed by atoms with Crippen LogP contribution in [0.1, 0.15) is 30.5 Å². The van der Waals surface area contributed by atoms with Crippen molar-refractivity contribution in [3.63, 3.8) is 0 Å². The van der Waals surface area contributed by atoms with Gasteiger partial charge in [0.05, 0.1) is 16.8 Å². The third kappa shape index (κ3) is 3.97. The van der Waals surface area contributed by atoms with Gasteiger partial charge in [-0.2, -0.15) is 0 Å². The van der Waals surface area contributed by atoms with Crippen molar-refractivity contribution in [2.24, 2.45) is 0 Å². The number of fused-ring (bicyclic) bond motifs is 5. The van der Waals surface area contributed by atoms with Crippen molar-refractivity contribution in [1.29, 1.82) is 0 Å². The maximum atomic E-state index is 14.0. The Morgan fingerprint density at radius 2 is 1.91 bits per heavy atom. The van der Waals surface area contributed by atoms with Crippen LogP contribution in [0.3, 0.4) is 0 Å². The highest BCUT2D eigenvalue weighted by Crippen LogP contribution is 2.42. The minimum atomic E-state index is -0.0507. The number of aromatic nitrogens is 2. The van der Waals surface area contributed by atoms with Crippen LogP contribution < -0.4 is 5.56 Å². The van der Waals surface area contributed by atoms with Crippen molar-refractivity contribution in [2.75, 3.05) is 18.8 Å². The SMILES string of the molecule is CCN(CC)C(=O)CSc1nc2sc3c(c2c(=O)n1-c1cccc(C)c1)CCc1ccccc1-3. The summed E-state index contributed by atoms with van der Waals surface area (Å²) in [6, 6.07) is 16.3. The monoisotopic (exact) mass is 489 g/mol. The summed E-state index contributed by atoms with van der Waals surface area (Å²) < 4.78 is 1.70. The first-order valence-corrected chi connectivity index (χ1v) is 13.5. The maximum absolute atomic E-state index is 14.0. The Morgan fingerprint density at radius 1 is 1.12 bits per heavy atom. The molecule has 0 spiro atoms. The molecule has 0 unspecified atom stereocenters. The van der Waals surface area contributed by atoms with Crippen LogP contribution in [0.4, 0.5) is 0 Å². The molecule has 7 heteroatoms. The Morgan fingerprint density at radius 3 is 2.68 bits per heavy atom. The first kappa shape index (κ1) is 22.9. The summed E-state index contributed by atoms with van der Waals surface area (Å²) in [4.78, 5) is 35.4. The van der Waals surface area contributed by atoms with E-state index < -0.39 is 0 Å². The minimum Gasteiger partial charge on any atom is -0.343 e. The van der Waals surface area contributed by atoms with Gasteiger partial charge in [0.25, 0.3) is 5.56 Å². The summed E-state index contributed by atoms with van der Waals surface area (Å²) in [7, 11) is 0. The van der Waals surface area contributed by atoms with E-state index in [0.29, 0.717) is 18.2 Å². The van der Waals surface area contributed by atoms with Crippen LogP contribution in [-0.4, -0.2) is 39.2 Å². The third-order valence-corrected chi connectivity index (χ3v) is 8.48. The number of hydrogen-bond acceptors (Lipinski definition) is 5. The van der Waals surface area contributed by atoms with E-state index in [1.807, 2.05) is 45.0 Å². The van der Waals surface area contributed by atoms with Gasteiger partial charge in [0.1, 0.15) is 4.83 Å². The van der Waals surface area contributed by atoms with Crippen molar-refractivity contribution in [2.45, 2.75) is 38.8 Å². The van der Waals surface area contributed by atoms with Crippen LogP contribution in [0.5, 0.6) is 0 Å². The molecule has 0 aliphatic heterocycles. The normalized spacial score (nSPS) is 12.4. The lowest BCUT2D eigenvalue weighted by molar-refractivity contribution is -0.127. The summed E-state index contributed by atoms with van der Waals surface area (Å²) in [5.41, 5.74) is 5.44. The fourth-order valence-corrected chi connectivity index (χ4v) is 6.89. The van der Waals surface area contributed by atoms with Crippen molar-refractivity contribution in [1.82, 2.24) is 14.5 Å². The number of hydrogen-bond donors (Lipinski definition) is 0. The quantitative estimate of drug-likeness (QED) is 0.266. The van der Waals surface area contributed by atoms with E-state index in [-0.39, 0.29) is 17.2 Å². The van der Waals surface area contributed by atoms with E-state index >= 15 is 0 Å². The Balaban J connectivity index is 1.68. The van der Waals surface area contributed by atoms with E-state index in [9.17, 15) is 9.59 Å². The van der Waals surface area contributed by atoms with Crippen molar-refractivity contribution < 1.29 is 4.79 Å². The molecule has 4 aromatic rings. The summed E-state index contributed by atoms with van der Waals surface area (Å²) in [6.07, 6.45) is 1.76. The van der Waals surface area contributed by atoms with Gasteiger partial charge in [0.2, 0.25) is 5.91 Å². The Hall–Kier alpha value is -2.90. The number of amides is 1. The molecule has 0 radical (unpaired) electrons. The Labute approximate surface area is 207 Å². The van der Waals surface area contributed by atoms with Gasteiger partial charge in [0, 0.05) is 18.0 Å². The molecule has 2 aromatic heterocycles. The van der Waals surface area contributed by atoms with Gasteiger partial charge in [-0.3, -0.25) is 14.2 Å². The average Bonchev–Trinajstić information content (AvgIpc) is 3.23. The van der Waals surface area contributed by atoms with E-state index in [1.165, 1.54) is 22.9 Å². The molecule has 5 rings (SSSR count). The molecule has 0 saturated heterocycles. The number of nitrogens with zero attached hydrogens (tertiary/aromatic N) is 3. The molecular formula is C27H27N3O2S2. The molecule has 1 amide bonds. The van der Waals surface area contributed by atoms with Crippen LogP contribution in [0, 0.1) is 6.92 Å². The second kappa shape index (κ2) is 9.39. The topological polar surface area (TPSA) is 55.2 Å². The number of aryl methyl sites for hydroxylation is 3. The maximum Gasteiger partial charge on any atom is 0.267 e.